The molecule has 0 bridgehead atoms. The van der Waals surface area contributed by atoms with Crippen LogP contribution in [0.2, 0.25) is 0 Å². The Morgan fingerprint density at radius 3 is 2.19 bits per heavy atom. The van der Waals surface area contributed by atoms with E-state index in [0.29, 0.717) is 18.8 Å². The Morgan fingerprint density at radius 1 is 1.44 bits per heavy atom. The van der Waals surface area contributed by atoms with E-state index in [1.54, 1.807) is 19.0 Å². The lowest BCUT2D eigenvalue weighted by atomic mass is 9.84. The van der Waals surface area contributed by atoms with E-state index in [-0.39, 0.29) is 30.5 Å². The zero-order chi connectivity index (χ0) is 11.7. The number of aliphatic imine (C=N–C) groups is 1. The van der Waals surface area contributed by atoms with Gasteiger partial charge in [0.15, 0.2) is 15.8 Å². The fraction of sp³-hybridized carbons (Fsp3) is 0.889. The second kappa shape index (κ2) is 5.52. The third-order valence-electron chi connectivity index (χ3n) is 3.04. The molecule has 7 heteroatoms. The Bertz CT molecular complexity index is 361. The van der Waals surface area contributed by atoms with Crippen molar-refractivity contribution in [3.8, 4) is 0 Å². The zero-order valence-corrected chi connectivity index (χ0v) is 13.1. The maximum absolute atomic E-state index is 11.6. The van der Waals surface area contributed by atoms with E-state index < -0.39 is 14.6 Å². The van der Waals surface area contributed by atoms with Gasteiger partial charge in [-0.1, -0.05) is 6.42 Å². The van der Waals surface area contributed by atoms with Crippen LogP contribution in [0.15, 0.2) is 4.99 Å². The smallest absolute Gasteiger partial charge is 0.190 e. The van der Waals surface area contributed by atoms with Crippen LogP contribution in [0.5, 0.6) is 0 Å². The van der Waals surface area contributed by atoms with Gasteiger partial charge in [0.05, 0.1) is 11.3 Å². The van der Waals surface area contributed by atoms with Crippen LogP contribution in [-0.4, -0.2) is 50.9 Å². The Kier molecular flexibility index (Phi) is 5.51. The summed E-state index contributed by atoms with van der Waals surface area (Å²) >= 11 is 0. The molecule has 1 saturated carbocycles. The second-order valence-electron chi connectivity index (χ2n) is 4.38. The highest BCUT2D eigenvalue weighted by molar-refractivity contribution is 14.0. The van der Waals surface area contributed by atoms with Crippen LogP contribution in [0.3, 0.4) is 0 Å². The predicted molar refractivity (Wildman–Crippen MR) is 77.0 cm³/mol. The highest BCUT2D eigenvalue weighted by Crippen LogP contribution is 2.39. The minimum absolute atomic E-state index is 0. The van der Waals surface area contributed by atoms with Gasteiger partial charge in [0.1, 0.15) is 0 Å². The van der Waals surface area contributed by atoms with Gasteiger partial charge in [-0.25, -0.2) is 8.42 Å². The third-order valence-corrected chi connectivity index (χ3v) is 5.15. The summed E-state index contributed by atoms with van der Waals surface area (Å²) in [7, 11) is 0.539. The number of nitrogens with zero attached hydrogens (tertiary/aromatic N) is 2. The number of nitrogens with two attached hydrogens (primary N) is 1. The van der Waals surface area contributed by atoms with Gasteiger partial charge in [0.25, 0.3) is 0 Å². The van der Waals surface area contributed by atoms with Gasteiger partial charge < -0.3 is 10.6 Å². The molecule has 1 fully saturated rings. The number of sulfone groups is 1. The lowest BCUT2D eigenvalue weighted by molar-refractivity contribution is 0.345. The quantitative estimate of drug-likeness (QED) is 0.450. The van der Waals surface area contributed by atoms with Crippen LogP contribution >= 0.6 is 24.0 Å². The number of hydrogen-bond acceptors (Lipinski definition) is 3. The number of rotatable bonds is 3. The summed E-state index contributed by atoms with van der Waals surface area (Å²) in [6.45, 7) is 0.288. The molecular formula is C9H20IN3O2S. The van der Waals surface area contributed by atoms with Crippen LogP contribution < -0.4 is 5.73 Å². The molecule has 0 unspecified atom stereocenters. The first kappa shape index (κ1) is 16.0. The molecule has 0 aliphatic heterocycles. The number of guanidine groups is 1. The molecule has 1 rings (SSSR count). The topological polar surface area (TPSA) is 75.8 Å². The first-order chi connectivity index (χ1) is 6.78. The van der Waals surface area contributed by atoms with Gasteiger partial charge in [-0.2, -0.15) is 0 Å². The molecule has 0 amide bonds. The molecule has 0 spiro atoms. The summed E-state index contributed by atoms with van der Waals surface area (Å²) in [6.07, 6.45) is 3.66. The Labute approximate surface area is 114 Å². The Morgan fingerprint density at radius 2 is 1.94 bits per heavy atom. The van der Waals surface area contributed by atoms with Crippen molar-refractivity contribution >= 4 is 39.8 Å². The van der Waals surface area contributed by atoms with Gasteiger partial charge in [0.2, 0.25) is 0 Å². The lowest BCUT2D eigenvalue weighted by Crippen LogP contribution is -2.48. The highest BCUT2D eigenvalue weighted by atomic mass is 127. The number of halogens is 1. The zero-order valence-electron chi connectivity index (χ0n) is 9.93. The van der Waals surface area contributed by atoms with E-state index in [1.165, 1.54) is 6.26 Å². The van der Waals surface area contributed by atoms with Crippen molar-refractivity contribution in [1.82, 2.24) is 4.90 Å². The molecule has 0 aromatic heterocycles. The van der Waals surface area contributed by atoms with Crippen molar-refractivity contribution in [1.29, 1.82) is 0 Å². The molecule has 2 N–H and O–H groups in total. The van der Waals surface area contributed by atoms with Gasteiger partial charge in [-0.3, -0.25) is 4.99 Å². The lowest BCUT2D eigenvalue weighted by Gasteiger charge is -2.38. The van der Waals surface area contributed by atoms with Crippen LogP contribution in [0.1, 0.15) is 19.3 Å². The van der Waals surface area contributed by atoms with E-state index in [2.05, 4.69) is 4.99 Å². The summed E-state index contributed by atoms with van der Waals surface area (Å²) in [6, 6.07) is 0. The standard InChI is InChI=1S/C9H19N3O2S.HI/c1-12(2)8(10)11-7-9(5-4-6-9)15(3,13)14;/h4-7H2,1-3H3,(H2,10,11);1H. The molecule has 0 atom stereocenters. The first-order valence-electron chi connectivity index (χ1n) is 4.95. The summed E-state index contributed by atoms with van der Waals surface area (Å²) in [5.74, 6) is 0.380. The van der Waals surface area contributed by atoms with Gasteiger partial charge in [-0.15, -0.1) is 24.0 Å². The van der Waals surface area contributed by atoms with E-state index >= 15 is 0 Å². The molecular weight excluding hydrogens is 341 g/mol. The van der Waals surface area contributed by atoms with Crippen molar-refractivity contribution < 1.29 is 8.42 Å². The molecule has 0 aromatic carbocycles. The van der Waals surface area contributed by atoms with Gasteiger partial charge >= 0.3 is 0 Å². The summed E-state index contributed by atoms with van der Waals surface area (Å²) < 4.78 is 22.5. The normalized spacial score (nSPS) is 19.6. The Balaban J connectivity index is 0.00000225. The average Bonchev–Trinajstić information content (AvgIpc) is 1.98. The van der Waals surface area contributed by atoms with Crippen LogP contribution in [0.25, 0.3) is 0 Å². The van der Waals surface area contributed by atoms with Crippen LogP contribution in [-0.2, 0) is 9.84 Å². The molecule has 0 saturated heterocycles. The predicted octanol–water partition coefficient (Wildman–Crippen LogP) is 0.448. The minimum atomic E-state index is -3.03. The van der Waals surface area contributed by atoms with Crippen molar-refractivity contribution in [3.63, 3.8) is 0 Å². The minimum Gasteiger partial charge on any atom is -0.370 e. The molecule has 0 aromatic rings. The summed E-state index contributed by atoms with van der Waals surface area (Å²) in [5.41, 5.74) is 5.63. The Hall–Kier alpha value is -0.0500. The fourth-order valence-corrected chi connectivity index (χ4v) is 2.91. The maximum Gasteiger partial charge on any atom is 0.190 e. The maximum atomic E-state index is 11.6. The van der Waals surface area contributed by atoms with Gasteiger partial charge in [0, 0.05) is 20.4 Å². The van der Waals surface area contributed by atoms with Crippen LogP contribution in [0, 0.1) is 0 Å². The second-order valence-corrected chi connectivity index (χ2v) is 6.79. The molecule has 5 nitrogen and oxygen atoms in total. The van der Waals surface area contributed by atoms with Crippen molar-refractivity contribution in [2.75, 3.05) is 26.9 Å². The molecule has 96 valence electrons. The highest BCUT2D eigenvalue weighted by Gasteiger charge is 2.46. The molecule has 0 radical (unpaired) electrons. The average molecular weight is 361 g/mol. The van der Waals surface area contributed by atoms with Gasteiger partial charge in [-0.05, 0) is 12.8 Å². The van der Waals surface area contributed by atoms with Crippen molar-refractivity contribution in [2.45, 2.75) is 24.0 Å². The fourth-order valence-electron chi connectivity index (χ4n) is 1.58. The largest absolute Gasteiger partial charge is 0.370 e. The molecule has 1 aliphatic carbocycles. The third kappa shape index (κ3) is 3.22. The summed E-state index contributed by atoms with van der Waals surface area (Å²) in [4.78, 5) is 5.80. The molecule has 16 heavy (non-hydrogen) atoms. The van der Waals surface area contributed by atoms with Crippen LogP contribution in [0.4, 0.5) is 0 Å². The van der Waals surface area contributed by atoms with E-state index in [9.17, 15) is 8.42 Å². The summed E-state index contributed by atoms with van der Waals surface area (Å²) in [5, 5.41) is 0. The SMILES string of the molecule is CN(C)C(N)=NCC1(S(C)(=O)=O)CCC1.I. The van der Waals surface area contributed by atoms with E-state index in [4.69, 9.17) is 5.73 Å². The number of hydrogen-bond donors (Lipinski definition) is 1. The van der Waals surface area contributed by atoms with E-state index in [1.807, 2.05) is 0 Å². The monoisotopic (exact) mass is 361 g/mol. The first-order valence-corrected chi connectivity index (χ1v) is 6.84. The van der Waals surface area contributed by atoms with E-state index in [0.717, 1.165) is 6.42 Å². The molecule has 0 heterocycles. The van der Waals surface area contributed by atoms with Crippen molar-refractivity contribution in [2.24, 2.45) is 10.7 Å². The molecule has 1 aliphatic rings. The van der Waals surface area contributed by atoms with Crippen molar-refractivity contribution in [3.05, 3.63) is 0 Å².